The van der Waals surface area contributed by atoms with Crippen LogP contribution in [0.25, 0.3) is 10.6 Å². The largest absolute Gasteiger partial charge is 0.267 e. The molecule has 0 spiro atoms. The molecule has 1 aromatic carbocycles. The lowest BCUT2D eigenvalue weighted by Crippen LogP contribution is -1.99. The Labute approximate surface area is 155 Å². The third kappa shape index (κ3) is 3.87. The normalized spacial score (nSPS) is 11.1. The Hall–Kier alpha value is -3.25. The van der Waals surface area contributed by atoms with E-state index >= 15 is 0 Å². The van der Waals surface area contributed by atoms with E-state index in [4.69, 9.17) is 5.10 Å². The van der Waals surface area contributed by atoms with E-state index in [9.17, 15) is 0 Å². The van der Waals surface area contributed by atoms with Crippen LogP contribution in [0.15, 0.2) is 83.5 Å². The van der Waals surface area contributed by atoms with Crippen molar-refractivity contribution in [2.75, 3.05) is 5.43 Å². The summed E-state index contributed by atoms with van der Waals surface area (Å²) in [5.74, 6) is 0.707. The predicted molar refractivity (Wildman–Crippen MR) is 107 cm³/mol. The summed E-state index contributed by atoms with van der Waals surface area (Å²) < 4.78 is 1.95. The molecule has 0 unspecified atom stereocenters. The lowest BCUT2D eigenvalue weighted by molar-refractivity contribution is 0.689. The number of benzene rings is 1. The molecule has 4 aromatic rings. The van der Waals surface area contributed by atoms with Crippen LogP contribution < -0.4 is 5.43 Å². The third-order valence-corrected chi connectivity index (χ3v) is 4.66. The number of thiophene rings is 1. The first kappa shape index (κ1) is 16.2. The number of hydrazone groups is 1. The van der Waals surface area contributed by atoms with Gasteiger partial charge < -0.3 is 0 Å². The molecule has 6 heteroatoms. The Balaban J connectivity index is 1.59. The highest BCUT2D eigenvalue weighted by Gasteiger charge is 2.11. The molecule has 4 rings (SSSR count). The van der Waals surface area contributed by atoms with Gasteiger partial charge in [-0.15, -0.1) is 11.3 Å². The van der Waals surface area contributed by atoms with Crippen molar-refractivity contribution in [2.24, 2.45) is 5.10 Å². The first-order valence-corrected chi connectivity index (χ1v) is 9.12. The number of hydrogen-bond acceptors (Lipinski definition) is 5. The van der Waals surface area contributed by atoms with E-state index in [2.05, 4.69) is 39.1 Å². The summed E-state index contributed by atoms with van der Waals surface area (Å²) in [6, 6.07) is 20.1. The van der Waals surface area contributed by atoms with Gasteiger partial charge in [0.15, 0.2) is 0 Å². The topological polar surface area (TPSA) is 55.1 Å². The van der Waals surface area contributed by atoms with Crippen LogP contribution in [0.3, 0.4) is 0 Å². The zero-order valence-electron chi connectivity index (χ0n) is 14.0. The van der Waals surface area contributed by atoms with E-state index in [1.165, 1.54) is 5.56 Å². The van der Waals surface area contributed by atoms with Crippen molar-refractivity contribution in [1.82, 2.24) is 14.8 Å². The zero-order valence-corrected chi connectivity index (χ0v) is 14.8. The Kier molecular flexibility index (Phi) is 4.84. The summed E-state index contributed by atoms with van der Waals surface area (Å²) in [4.78, 5) is 5.32. The van der Waals surface area contributed by atoms with Crippen LogP contribution in [0.5, 0.6) is 0 Å². The molecule has 0 aliphatic carbocycles. The van der Waals surface area contributed by atoms with Crippen LogP contribution in [0.2, 0.25) is 0 Å². The minimum absolute atomic E-state index is 0.707. The summed E-state index contributed by atoms with van der Waals surface area (Å²) in [6.07, 6.45) is 5.54. The Morgan fingerprint density at radius 1 is 1.04 bits per heavy atom. The smallest absolute Gasteiger partial charge is 0.146 e. The minimum Gasteiger partial charge on any atom is -0.267 e. The van der Waals surface area contributed by atoms with Gasteiger partial charge in [0.05, 0.1) is 17.6 Å². The summed E-state index contributed by atoms with van der Waals surface area (Å²) in [5, 5.41) is 11.1. The van der Waals surface area contributed by atoms with Gasteiger partial charge in [-0.3, -0.25) is 10.1 Å². The molecular weight excluding hydrogens is 342 g/mol. The molecule has 0 aliphatic heterocycles. The van der Waals surface area contributed by atoms with Crippen molar-refractivity contribution in [1.29, 1.82) is 0 Å². The lowest BCUT2D eigenvalue weighted by atomic mass is 10.2. The minimum atomic E-state index is 0.707. The number of aromatic nitrogens is 3. The standard InChI is InChI=1S/C20H17N5S/c1-2-7-16(8-3-1)14-25-15-17(20(24-25)18-9-6-12-26-18)13-22-23-19-10-4-5-11-21-19/h1-13,15H,14H2,(H,21,23)/b22-13-. The Morgan fingerprint density at radius 3 is 2.69 bits per heavy atom. The Bertz CT molecular complexity index is 976. The highest BCUT2D eigenvalue weighted by Crippen LogP contribution is 2.26. The SMILES string of the molecule is C(=N/Nc1ccccn1)/c1cn(Cc2ccccc2)nc1-c1cccs1. The molecule has 3 heterocycles. The molecule has 0 atom stereocenters. The molecule has 0 saturated heterocycles. The molecule has 5 nitrogen and oxygen atoms in total. The molecule has 1 N–H and O–H groups in total. The molecule has 0 fully saturated rings. The Morgan fingerprint density at radius 2 is 1.92 bits per heavy atom. The highest BCUT2D eigenvalue weighted by atomic mass is 32.1. The maximum absolute atomic E-state index is 4.77. The van der Waals surface area contributed by atoms with E-state index in [0.717, 1.165) is 22.7 Å². The number of anilines is 1. The van der Waals surface area contributed by atoms with E-state index in [1.54, 1.807) is 23.7 Å². The zero-order chi connectivity index (χ0) is 17.6. The molecular formula is C20H17N5S. The average molecular weight is 359 g/mol. The fraction of sp³-hybridized carbons (Fsp3) is 0.0500. The van der Waals surface area contributed by atoms with Gasteiger partial charge in [-0.1, -0.05) is 42.5 Å². The predicted octanol–water partition coefficient (Wildman–Crippen LogP) is 4.50. The fourth-order valence-corrected chi connectivity index (χ4v) is 3.32. The van der Waals surface area contributed by atoms with Crippen molar-refractivity contribution in [2.45, 2.75) is 6.54 Å². The number of hydrogen-bond donors (Lipinski definition) is 1. The summed E-state index contributed by atoms with van der Waals surface area (Å²) in [5.41, 5.74) is 6.06. The number of pyridine rings is 1. The van der Waals surface area contributed by atoms with Gasteiger partial charge in [0.1, 0.15) is 11.5 Å². The lowest BCUT2D eigenvalue weighted by Gasteiger charge is -2.00. The first-order valence-electron chi connectivity index (χ1n) is 8.24. The van der Waals surface area contributed by atoms with Crippen LogP contribution in [0.1, 0.15) is 11.1 Å². The number of nitrogens with zero attached hydrogens (tertiary/aromatic N) is 4. The molecule has 0 saturated carbocycles. The number of nitrogens with one attached hydrogen (secondary N) is 1. The van der Waals surface area contributed by atoms with Crippen molar-refractivity contribution < 1.29 is 0 Å². The van der Waals surface area contributed by atoms with Crippen LogP contribution >= 0.6 is 11.3 Å². The van der Waals surface area contributed by atoms with E-state index in [0.29, 0.717) is 5.82 Å². The maximum Gasteiger partial charge on any atom is 0.146 e. The van der Waals surface area contributed by atoms with Gasteiger partial charge in [-0.2, -0.15) is 10.2 Å². The van der Waals surface area contributed by atoms with Gasteiger partial charge in [0.2, 0.25) is 0 Å². The molecule has 0 radical (unpaired) electrons. The fourth-order valence-electron chi connectivity index (χ4n) is 2.58. The molecule has 128 valence electrons. The summed E-state index contributed by atoms with van der Waals surface area (Å²) in [6.45, 7) is 0.723. The van der Waals surface area contributed by atoms with Crippen molar-refractivity contribution >= 4 is 23.4 Å². The molecule has 26 heavy (non-hydrogen) atoms. The van der Waals surface area contributed by atoms with E-state index < -0.39 is 0 Å². The average Bonchev–Trinajstić information content (AvgIpc) is 3.33. The van der Waals surface area contributed by atoms with Gasteiger partial charge >= 0.3 is 0 Å². The van der Waals surface area contributed by atoms with E-state index in [1.807, 2.05) is 53.3 Å². The van der Waals surface area contributed by atoms with Crippen molar-refractivity contribution in [3.8, 4) is 10.6 Å². The van der Waals surface area contributed by atoms with E-state index in [-0.39, 0.29) is 0 Å². The quantitative estimate of drug-likeness (QED) is 0.407. The molecule has 0 bridgehead atoms. The van der Waals surface area contributed by atoms with Crippen molar-refractivity contribution in [3.05, 3.63) is 89.6 Å². The third-order valence-electron chi connectivity index (χ3n) is 3.78. The van der Waals surface area contributed by atoms with Crippen LogP contribution in [-0.4, -0.2) is 21.0 Å². The molecule has 0 aliphatic rings. The van der Waals surface area contributed by atoms with Crippen LogP contribution in [0.4, 0.5) is 5.82 Å². The maximum atomic E-state index is 4.77. The van der Waals surface area contributed by atoms with Gasteiger partial charge in [-0.25, -0.2) is 4.98 Å². The van der Waals surface area contributed by atoms with Crippen molar-refractivity contribution in [3.63, 3.8) is 0 Å². The second kappa shape index (κ2) is 7.76. The second-order valence-electron chi connectivity index (χ2n) is 5.68. The first-order chi connectivity index (χ1) is 12.9. The monoisotopic (exact) mass is 359 g/mol. The van der Waals surface area contributed by atoms with Crippen LogP contribution in [-0.2, 0) is 6.54 Å². The van der Waals surface area contributed by atoms with Crippen LogP contribution in [0, 0.1) is 0 Å². The summed E-state index contributed by atoms with van der Waals surface area (Å²) in [7, 11) is 0. The highest BCUT2D eigenvalue weighted by molar-refractivity contribution is 7.13. The molecule has 0 amide bonds. The second-order valence-corrected chi connectivity index (χ2v) is 6.63. The summed E-state index contributed by atoms with van der Waals surface area (Å²) >= 11 is 1.67. The number of rotatable bonds is 6. The van der Waals surface area contributed by atoms with Gasteiger partial charge in [0, 0.05) is 18.0 Å². The van der Waals surface area contributed by atoms with Gasteiger partial charge in [-0.05, 0) is 29.1 Å². The van der Waals surface area contributed by atoms with Gasteiger partial charge in [0.25, 0.3) is 0 Å². The molecule has 3 aromatic heterocycles.